The fourth-order valence-corrected chi connectivity index (χ4v) is 1.45. The predicted octanol–water partition coefficient (Wildman–Crippen LogP) is 2.61. The molecule has 1 radical (unpaired) electrons. The minimum Gasteiger partial charge on any atom is -0.245 e. The van der Waals surface area contributed by atoms with Gasteiger partial charge in [0.1, 0.15) is 0 Å². The average molecular weight is 160 g/mol. The SMILES string of the molecule is [c]1ccccc1-c1cscn1. The van der Waals surface area contributed by atoms with E-state index in [1.807, 2.05) is 35.2 Å². The fourth-order valence-electron chi connectivity index (χ4n) is 0.898. The largest absolute Gasteiger partial charge is 0.245 e. The van der Waals surface area contributed by atoms with E-state index in [9.17, 15) is 0 Å². The Balaban J connectivity index is 2.46. The number of thiazole rings is 1. The smallest absolute Gasteiger partial charge is 0.0817 e. The van der Waals surface area contributed by atoms with Crippen LogP contribution >= 0.6 is 11.3 Å². The number of aromatic nitrogens is 1. The van der Waals surface area contributed by atoms with E-state index in [0.29, 0.717) is 0 Å². The van der Waals surface area contributed by atoms with Gasteiger partial charge in [-0.15, -0.1) is 11.3 Å². The molecule has 0 unspecified atom stereocenters. The van der Waals surface area contributed by atoms with Crippen molar-refractivity contribution < 1.29 is 0 Å². The summed E-state index contributed by atoms with van der Waals surface area (Å²) in [7, 11) is 0. The standard InChI is InChI=1S/C9H6NS/c1-2-4-8(5-3-1)9-6-11-7-10-9/h1-4,6-7H. The molecule has 1 heterocycles. The van der Waals surface area contributed by atoms with E-state index in [0.717, 1.165) is 11.3 Å². The Morgan fingerprint density at radius 3 is 3.00 bits per heavy atom. The first-order valence-corrected chi connectivity index (χ1v) is 4.26. The molecule has 0 atom stereocenters. The molecule has 0 amide bonds. The molecule has 53 valence electrons. The van der Waals surface area contributed by atoms with Crippen molar-refractivity contribution in [1.82, 2.24) is 4.98 Å². The van der Waals surface area contributed by atoms with Crippen molar-refractivity contribution in [2.24, 2.45) is 0 Å². The zero-order valence-corrected chi connectivity index (χ0v) is 6.64. The van der Waals surface area contributed by atoms with Gasteiger partial charge < -0.3 is 0 Å². The summed E-state index contributed by atoms with van der Waals surface area (Å²) >= 11 is 1.60. The Labute approximate surface area is 69.3 Å². The van der Waals surface area contributed by atoms with Gasteiger partial charge in [0.05, 0.1) is 11.2 Å². The molecule has 2 heteroatoms. The first-order valence-electron chi connectivity index (χ1n) is 3.32. The number of rotatable bonds is 1. The maximum atomic E-state index is 4.17. The topological polar surface area (TPSA) is 12.9 Å². The van der Waals surface area contributed by atoms with Crippen LogP contribution < -0.4 is 0 Å². The summed E-state index contributed by atoms with van der Waals surface area (Å²) in [4.78, 5) is 4.17. The maximum Gasteiger partial charge on any atom is 0.0817 e. The molecule has 11 heavy (non-hydrogen) atoms. The molecule has 2 rings (SSSR count). The second kappa shape index (κ2) is 2.84. The van der Waals surface area contributed by atoms with Crippen LogP contribution in [0.3, 0.4) is 0 Å². The molecule has 1 aromatic carbocycles. The molecular weight excluding hydrogens is 154 g/mol. The molecule has 0 aliphatic carbocycles. The zero-order chi connectivity index (χ0) is 7.52. The van der Waals surface area contributed by atoms with E-state index in [2.05, 4.69) is 11.1 Å². The number of nitrogens with zero attached hydrogens (tertiary/aromatic N) is 1. The van der Waals surface area contributed by atoms with Crippen LogP contribution in [0.25, 0.3) is 11.3 Å². The van der Waals surface area contributed by atoms with Crippen LogP contribution in [0.15, 0.2) is 35.2 Å². The summed E-state index contributed by atoms with van der Waals surface area (Å²) in [5, 5.41) is 2.02. The van der Waals surface area contributed by atoms with Gasteiger partial charge in [-0.2, -0.15) is 0 Å². The zero-order valence-electron chi connectivity index (χ0n) is 5.82. The molecule has 0 saturated heterocycles. The molecule has 0 N–H and O–H groups in total. The van der Waals surface area contributed by atoms with Crippen molar-refractivity contribution in [3.63, 3.8) is 0 Å². The van der Waals surface area contributed by atoms with Gasteiger partial charge in [-0.25, -0.2) is 4.98 Å². The Morgan fingerprint density at radius 2 is 2.36 bits per heavy atom. The van der Waals surface area contributed by atoms with Crippen LogP contribution in [0, 0.1) is 6.07 Å². The third-order valence-electron chi connectivity index (χ3n) is 1.42. The first-order chi connectivity index (χ1) is 5.47. The minimum atomic E-state index is 1.01. The number of benzene rings is 1. The minimum absolute atomic E-state index is 1.01. The third-order valence-corrected chi connectivity index (χ3v) is 2.00. The number of hydrogen-bond acceptors (Lipinski definition) is 2. The van der Waals surface area contributed by atoms with E-state index in [-0.39, 0.29) is 0 Å². The third kappa shape index (κ3) is 1.30. The lowest BCUT2D eigenvalue weighted by Gasteiger charge is -1.91. The molecular formula is C9H6NS. The lowest BCUT2D eigenvalue weighted by atomic mass is 10.2. The van der Waals surface area contributed by atoms with Gasteiger partial charge in [-0.3, -0.25) is 0 Å². The van der Waals surface area contributed by atoms with Gasteiger partial charge in [-0.05, 0) is 6.07 Å². The van der Waals surface area contributed by atoms with Crippen LogP contribution in [0.4, 0.5) is 0 Å². The molecule has 0 bridgehead atoms. The second-order valence-corrected chi connectivity index (χ2v) is 2.87. The molecule has 0 aliphatic rings. The lowest BCUT2D eigenvalue weighted by molar-refractivity contribution is 1.41. The molecule has 0 aliphatic heterocycles. The molecule has 0 spiro atoms. The molecule has 0 fully saturated rings. The van der Waals surface area contributed by atoms with Gasteiger partial charge in [-0.1, -0.05) is 24.3 Å². The van der Waals surface area contributed by atoms with Crippen LogP contribution in [0.2, 0.25) is 0 Å². The summed E-state index contributed by atoms with van der Waals surface area (Å²) in [6, 6.07) is 11.0. The van der Waals surface area contributed by atoms with Crippen molar-refractivity contribution >= 4 is 11.3 Å². The Bertz CT molecular complexity index is 313. The van der Waals surface area contributed by atoms with E-state index in [1.54, 1.807) is 11.3 Å². The van der Waals surface area contributed by atoms with Crippen LogP contribution in [0.5, 0.6) is 0 Å². The highest BCUT2D eigenvalue weighted by molar-refractivity contribution is 7.07. The second-order valence-electron chi connectivity index (χ2n) is 2.15. The quantitative estimate of drug-likeness (QED) is 0.625. The van der Waals surface area contributed by atoms with Crippen molar-refractivity contribution in [2.75, 3.05) is 0 Å². The van der Waals surface area contributed by atoms with E-state index in [4.69, 9.17) is 0 Å². The fraction of sp³-hybridized carbons (Fsp3) is 0. The predicted molar refractivity (Wildman–Crippen MR) is 46.4 cm³/mol. The van der Waals surface area contributed by atoms with E-state index < -0.39 is 0 Å². The normalized spacial score (nSPS) is 9.82. The van der Waals surface area contributed by atoms with E-state index >= 15 is 0 Å². The summed E-state index contributed by atoms with van der Waals surface area (Å²) < 4.78 is 0. The van der Waals surface area contributed by atoms with Crippen LogP contribution in [-0.2, 0) is 0 Å². The van der Waals surface area contributed by atoms with Crippen molar-refractivity contribution in [2.45, 2.75) is 0 Å². The van der Waals surface area contributed by atoms with Gasteiger partial charge in [0.25, 0.3) is 0 Å². The molecule has 1 aromatic heterocycles. The Kier molecular flexibility index (Phi) is 1.69. The van der Waals surface area contributed by atoms with Crippen molar-refractivity contribution in [3.8, 4) is 11.3 Å². The average Bonchev–Trinajstić information content (AvgIpc) is 2.58. The van der Waals surface area contributed by atoms with E-state index in [1.165, 1.54) is 0 Å². The first kappa shape index (κ1) is 6.55. The summed E-state index contributed by atoms with van der Waals surface area (Å²) in [5.41, 5.74) is 3.90. The van der Waals surface area contributed by atoms with Crippen LogP contribution in [0.1, 0.15) is 0 Å². The Morgan fingerprint density at radius 1 is 1.36 bits per heavy atom. The molecule has 0 saturated carbocycles. The van der Waals surface area contributed by atoms with Gasteiger partial charge >= 0.3 is 0 Å². The highest BCUT2D eigenvalue weighted by atomic mass is 32.1. The van der Waals surface area contributed by atoms with Gasteiger partial charge in [0.15, 0.2) is 0 Å². The summed E-state index contributed by atoms with van der Waals surface area (Å²) in [6.45, 7) is 0. The Hall–Kier alpha value is -1.15. The number of hydrogen-bond donors (Lipinski definition) is 0. The molecule has 1 nitrogen and oxygen atoms in total. The monoisotopic (exact) mass is 160 g/mol. The summed E-state index contributed by atoms with van der Waals surface area (Å²) in [6.07, 6.45) is 0. The molecule has 2 aromatic rings. The highest BCUT2D eigenvalue weighted by Gasteiger charge is 1.95. The van der Waals surface area contributed by atoms with Gasteiger partial charge in [0, 0.05) is 10.9 Å². The van der Waals surface area contributed by atoms with Crippen molar-refractivity contribution in [1.29, 1.82) is 0 Å². The summed E-state index contributed by atoms with van der Waals surface area (Å²) in [5.74, 6) is 0. The van der Waals surface area contributed by atoms with Crippen molar-refractivity contribution in [3.05, 3.63) is 41.2 Å². The maximum absolute atomic E-state index is 4.17. The highest BCUT2D eigenvalue weighted by Crippen LogP contribution is 2.16. The lowest BCUT2D eigenvalue weighted by Crippen LogP contribution is -1.74. The van der Waals surface area contributed by atoms with Crippen LogP contribution in [-0.4, -0.2) is 4.98 Å². The van der Waals surface area contributed by atoms with Gasteiger partial charge in [0.2, 0.25) is 0 Å².